The average molecular weight is 237 g/mol. The number of nitrogens with zero attached hydrogens (tertiary/aromatic N) is 1. The van der Waals surface area contributed by atoms with Crippen molar-refractivity contribution in [2.45, 2.75) is 26.2 Å². The number of aromatic nitrogens is 2. The summed E-state index contributed by atoms with van der Waals surface area (Å²) >= 11 is 6.04. The summed E-state index contributed by atoms with van der Waals surface area (Å²) in [5, 5.41) is 1.04. The highest BCUT2D eigenvalue weighted by atomic mass is 35.5. The zero-order valence-electron chi connectivity index (χ0n) is 9.47. The Morgan fingerprint density at radius 2 is 2.00 bits per heavy atom. The molecule has 0 fully saturated rings. The van der Waals surface area contributed by atoms with Crippen LogP contribution in [0.4, 0.5) is 0 Å². The summed E-state index contributed by atoms with van der Waals surface area (Å²) in [6.07, 6.45) is 0. The van der Waals surface area contributed by atoms with Crippen LogP contribution in [0.5, 0.6) is 0 Å². The minimum Gasteiger partial charge on any atom is -0.310 e. The van der Waals surface area contributed by atoms with Crippen molar-refractivity contribution in [3.63, 3.8) is 0 Å². The molecule has 0 amide bonds. The van der Waals surface area contributed by atoms with Crippen LogP contribution in [-0.4, -0.2) is 9.97 Å². The lowest BCUT2D eigenvalue weighted by Gasteiger charge is -2.17. The van der Waals surface area contributed by atoms with Crippen molar-refractivity contribution in [2.75, 3.05) is 0 Å². The Morgan fingerprint density at radius 1 is 1.31 bits per heavy atom. The van der Waals surface area contributed by atoms with Crippen LogP contribution < -0.4 is 5.56 Å². The van der Waals surface area contributed by atoms with E-state index in [-0.39, 0.29) is 11.0 Å². The maximum absolute atomic E-state index is 11.8. The molecule has 1 heterocycles. The molecule has 0 aliphatic rings. The lowest BCUT2D eigenvalue weighted by atomic mass is 9.95. The highest BCUT2D eigenvalue weighted by Gasteiger charge is 2.18. The summed E-state index contributed by atoms with van der Waals surface area (Å²) in [5.41, 5.74) is 0.224. The number of rotatable bonds is 0. The number of H-pyrrole nitrogens is 1. The van der Waals surface area contributed by atoms with Crippen LogP contribution in [0.1, 0.15) is 26.6 Å². The zero-order chi connectivity index (χ0) is 11.9. The van der Waals surface area contributed by atoms with E-state index in [0.717, 1.165) is 0 Å². The molecule has 16 heavy (non-hydrogen) atoms. The van der Waals surface area contributed by atoms with Gasteiger partial charge in [-0.15, -0.1) is 0 Å². The molecule has 0 saturated carbocycles. The van der Waals surface area contributed by atoms with Crippen LogP contribution in [0.3, 0.4) is 0 Å². The van der Waals surface area contributed by atoms with Crippen LogP contribution in [0.2, 0.25) is 5.02 Å². The average Bonchev–Trinajstić information content (AvgIpc) is 2.18. The van der Waals surface area contributed by atoms with E-state index in [4.69, 9.17) is 11.6 Å². The van der Waals surface area contributed by atoms with Crippen molar-refractivity contribution in [3.05, 3.63) is 39.4 Å². The highest BCUT2D eigenvalue weighted by molar-refractivity contribution is 6.34. The van der Waals surface area contributed by atoms with Crippen LogP contribution in [0.25, 0.3) is 10.9 Å². The smallest absolute Gasteiger partial charge is 0.258 e. The molecule has 84 valence electrons. The molecule has 0 bridgehead atoms. The Balaban J connectivity index is 2.86. The molecule has 0 atom stereocenters. The second-order valence-electron chi connectivity index (χ2n) is 4.80. The maximum atomic E-state index is 11.8. The number of para-hydroxylation sites is 1. The van der Waals surface area contributed by atoms with E-state index in [1.807, 2.05) is 20.8 Å². The monoisotopic (exact) mass is 236 g/mol. The molecule has 0 saturated heterocycles. The van der Waals surface area contributed by atoms with Crippen molar-refractivity contribution in [2.24, 2.45) is 0 Å². The number of fused-ring (bicyclic) bond motifs is 1. The minimum atomic E-state index is -0.202. The number of hydrogen-bond donors (Lipinski definition) is 1. The Bertz CT molecular complexity index is 596. The molecular weight excluding hydrogens is 224 g/mol. The number of aromatic amines is 1. The molecule has 3 nitrogen and oxygen atoms in total. The van der Waals surface area contributed by atoms with Gasteiger partial charge in [0.1, 0.15) is 5.82 Å². The molecule has 1 aromatic heterocycles. The fourth-order valence-electron chi connectivity index (χ4n) is 1.48. The van der Waals surface area contributed by atoms with Gasteiger partial charge in [-0.1, -0.05) is 38.4 Å². The molecule has 0 unspecified atom stereocenters. The van der Waals surface area contributed by atoms with Crippen LogP contribution >= 0.6 is 11.6 Å². The highest BCUT2D eigenvalue weighted by Crippen LogP contribution is 2.22. The number of nitrogens with one attached hydrogen (secondary N) is 1. The van der Waals surface area contributed by atoms with Crippen LogP contribution in [0, 0.1) is 0 Å². The second-order valence-corrected chi connectivity index (χ2v) is 5.21. The van der Waals surface area contributed by atoms with Crippen molar-refractivity contribution in [3.8, 4) is 0 Å². The van der Waals surface area contributed by atoms with E-state index in [0.29, 0.717) is 21.7 Å². The van der Waals surface area contributed by atoms with Gasteiger partial charge in [0, 0.05) is 5.41 Å². The van der Waals surface area contributed by atoms with Gasteiger partial charge < -0.3 is 4.98 Å². The predicted molar refractivity (Wildman–Crippen MR) is 66.1 cm³/mol. The van der Waals surface area contributed by atoms with Crippen LogP contribution in [0.15, 0.2) is 23.0 Å². The summed E-state index contributed by atoms with van der Waals surface area (Å²) in [7, 11) is 0. The first-order chi connectivity index (χ1) is 7.39. The van der Waals surface area contributed by atoms with Crippen molar-refractivity contribution in [1.29, 1.82) is 0 Å². The van der Waals surface area contributed by atoms with E-state index in [2.05, 4.69) is 9.97 Å². The summed E-state index contributed by atoms with van der Waals surface area (Å²) in [5.74, 6) is 0.651. The summed E-state index contributed by atoms with van der Waals surface area (Å²) in [6.45, 7) is 5.98. The lowest BCUT2D eigenvalue weighted by molar-refractivity contribution is 0.546. The Labute approximate surface area is 98.5 Å². The number of halogens is 1. The number of hydrogen-bond acceptors (Lipinski definition) is 2. The molecule has 1 aromatic carbocycles. The van der Waals surface area contributed by atoms with E-state index < -0.39 is 0 Å². The fraction of sp³-hybridized carbons (Fsp3) is 0.333. The first-order valence-electron chi connectivity index (χ1n) is 5.08. The van der Waals surface area contributed by atoms with E-state index in [9.17, 15) is 4.79 Å². The minimum absolute atomic E-state index is 0.141. The van der Waals surface area contributed by atoms with Crippen molar-refractivity contribution >= 4 is 22.5 Å². The zero-order valence-corrected chi connectivity index (χ0v) is 10.2. The largest absolute Gasteiger partial charge is 0.310 e. The molecule has 1 N–H and O–H groups in total. The fourth-order valence-corrected chi connectivity index (χ4v) is 1.70. The van der Waals surface area contributed by atoms with Gasteiger partial charge in [0.15, 0.2) is 0 Å². The van der Waals surface area contributed by atoms with Gasteiger partial charge in [-0.3, -0.25) is 4.79 Å². The van der Waals surface area contributed by atoms with Gasteiger partial charge >= 0.3 is 0 Å². The Hall–Kier alpha value is -1.35. The third-order valence-electron chi connectivity index (χ3n) is 2.40. The quantitative estimate of drug-likeness (QED) is 0.765. The Morgan fingerprint density at radius 3 is 2.62 bits per heavy atom. The standard InChI is InChI=1S/C12H13ClN2O/c1-12(2,3)11-14-9-7(10(16)15-11)5-4-6-8(9)13/h4-6H,1-3H3,(H,14,15,16). The Kier molecular flexibility index (Phi) is 2.50. The van der Waals surface area contributed by atoms with E-state index in [1.165, 1.54) is 0 Å². The molecule has 0 radical (unpaired) electrons. The summed E-state index contributed by atoms with van der Waals surface area (Å²) < 4.78 is 0. The molecule has 0 aliphatic carbocycles. The van der Waals surface area contributed by atoms with Crippen molar-refractivity contribution < 1.29 is 0 Å². The first-order valence-corrected chi connectivity index (χ1v) is 5.46. The molecular formula is C12H13ClN2O. The first kappa shape index (κ1) is 11.1. The summed E-state index contributed by atoms with van der Waals surface area (Å²) in [6, 6.07) is 5.21. The van der Waals surface area contributed by atoms with Crippen LogP contribution in [-0.2, 0) is 5.41 Å². The molecule has 2 rings (SSSR count). The molecule has 0 aliphatic heterocycles. The van der Waals surface area contributed by atoms with Gasteiger partial charge in [0.25, 0.3) is 5.56 Å². The van der Waals surface area contributed by atoms with E-state index in [1.54, 1.807) is 18.2 Å². The molecule has 0 spiro atoms. The lowest BCUT2D eigenvalue weighted by Crippen LogP contribution is -2.22. The SMILES string of the molecule is CC(C)(C)c1nc2c(Cl)cccc2c(=O)[nH]1. The summed E-state index contributed by atoms with van der Waals surface area (Å²) in [4.78, 5) is 19.1. The van der Waals surface area contributed by atoms with Gasteiger partial charge in [0.05, 0.1) is 15.9 Å². The molecule has 2 aromatic rings. The van der Waals surface area contributed by atoms with Gasteiger partial charge in [0.2, 0.25) is 0 Å². The third kappa shape index (κ3) is 1.83. The predicted octanol–water partition coefficient (Wildman–Crippen LogP) is 2.87. The van der Waals surface area contributed by atoms with Gasteiger partial charge in [-0.2, -0.15) is 0 Å². The van der Waals surface area contributed by atoms with Gasteiger partial charge in [-0.25, -0.2) is 4.98 Å². The third-order valence-corrected chi connectivity index (χ3v) is 2.70. The van der Waals surface area contributed by atoms with Gasteiger partial charge in [-0.05, 0) is 12.1 Å². The second kappa shape index (κ2) is 3.59. The molecule has 4 heteroatoms. The normalized spacial score (nSPS) is 12.0. The number of benzene rings is 1. The van der Waals surface area contributed by atoms with E-state index >= 15 is 0 Å². The maximum Gasteiger partial charge on any atom is 0.258 e. The van der Waals surface area contributed by atoms with Crippen molar-refractivity contribution in [1.82, 2.24) is 9.97 Å². The topological polar surface area (TPSA) is 45.8 Å².